The molecule has 7 heteroatoms. The molecule has 0 saturated heterocycles. The summed E-state index contributed by atoms with van der Waals surface area (Å²) in [6, 6.07) is 32.2. The van der Waals surface area contributed by atoms with Crippen molar-refractivity contribution in [3.8, 4) is 11.1 Å². The van der Waals surface area contributed by atoms with Gasteiger partial charge in [0.05, 0.1) is 22.8 Å². The lowest BCUT2D eigenvalue weighted by Gasteiger charge is -2.17. The minimum Gasteiger partial charge on any atom is -0.478 e. The van der Waals surface area contributed by atoms with Crippen LogP contribution >= 0.6 is 0 Å². The van der Waals surface area contributed by atoms with Crippen LogP contribution in [0.4, 0.5) is 0 Å². The Morgan fingerprint density at radius 3 is 2.27 bits per heavy atom. The fourth-order valence-electron chi connectivity index (χ4n) is 5.01. The van der Waals surface area contributed by atoms with Crippen LogP contribution in [0.25, 0.3) is 27.5 Å². The highest BCUT2D eigenvalue weighted by atomic mass is 16.4. The molecule has 0 saturated carbocycles. The zero-order chi connectivity index (χ0) is 28.5. The molecule has 6 aromatic rings. The van der Waals surface area contributed by atoms with Crippen LogP contribution in [0.2, 0.25) is 0 Å². The molecule has 6 rings (SSSR count). The van der Waals surface area contributed by atoms with E-state index in [1.165, 1.54) is 12.1 Å². The van der Waals surface area contributed by atoms with Crippen LogP contribution in [0.1, 0.15) is 55.4 Å². The van der Waals surface area contributed by atoms with Gasteiger partial charge in [0, 0.05) is 22.7 Å². The summed E-state index contributed by atoms with van der Waals surface area (Å²) < 4.78 is 1.69. The SMILES string of the molecule is C[C@H](NC(=O)c1cc(-c2ccccc2)cc2ccc(C(=O)c3ccc4cccnc4c3)n12)c1ccc(C(=O)O)cc1. The molecule has 200 valence electrons. The molecule has 3 aromatic carbocycles. The Bertz CT molecular complexity index is 1940. The van der Waals surface area contributed by atoms with E-state index >= 15 is 0 Å². The molecular weight excluding hydrogens is 514 g/mol. The van der Waals surface area contributed by atoms with Gasteiger partial charge in [0.15, 0.2) is 0 Å². The molecule has 0 radical (unpaired) electrons. The minimum absolute atomic E-state index is 0.170. The molecule has 7 nitrogen and oxygen atoms in total. The number of nitrogens with one attached hydrogen (secondary N) is 1. The lowest BCUT2D eigenvalue weighted by atomic mass is 10.0. The van der Waals surface area contributed by atoms with Crippen LogP contribution in [-0.2, 0) is 0 Å². The van der Waals surface area contributed by atoms with Crippen molar-refractivity contribution in [1.29, 1.82) is 0 Å². The Balaban J connectivity index is 1.42. The Labute approximate surface area is 235 Å². The summed E-state index contributed by atoms with van der Waals surface area (Å²) in [6.45, 7) is 1.83. The molecule has 41 heavy (non-hydrogen) atoms. The first-order valence-corrected chi connectivity index (χ1v) is 13.1. The lowest BCUT2D eigenvalue weighted by molar-refractivity contribution is 0.0696. The van der Waals surface area contributed by atoms with E-state index in [-0.39, 0.29) is 17.3 Å². The van der Waals surface area contributed by atoms with Gasteiger partial charge < -0.3 is 14.8 Å². The smallest absolute Gasteiger partial charge is 0.335 e. The van der Waals surface area contributed by atoms with Crippen LogP contribution in [0.15, 0.2) is 115 Å². The Hall–Kier alpha value is -5.56. The summed E-state index contributed by atoms with van der Waals surface area (Å²) >= 11 is 0. The second kappa shape index (κ2) is 10.5. The van der Waals surface area contributed by atoms with E-state index in [1.54, 1.807) is 47.0 Å². The molecule has 0 spiro atoms. The van der Waals surface area contributed by atoms with E-state index in [2.05, 4.69) is 10.3 Å². The van der Waals surface area contributed by atoms with Crippen LogP contribution < -0.4 is 5.32 Å². The molecule has 0 aliphatic carbocycles. The van der Waals surface area contributed by atoms with E-state index in [9.17, 15) is 19.5 Å². The van der Waals surface area contributed by atoms with Gasteiger partial charge >= 0.3 is 5.97 Å². The summed E-state index contributed by atoms with van der Waals surface area (Å²) in [6.07, 6.45) is 1.69. The number of carbonyl (C=O) groups is 3. The van der Waals surface area contributed by atoms with E-state index in [0.717, 1.165) is 22.1 Å². The van der Waals surface area contributed by atoms with Crippen molar-refractivity contribution in [2.24, 2.45) is 0 Å². The quantitative estimate of drug-likeness (QED) is 0.223. The highest BCUT2D eigenvalue weighted by molar-refractivity contribution is 6.11. The van der Waals surface area contributed by atoms with Gasteiger partial charge in [0.25, 0.3) is 5.91 Å². The molecule has 2 N–H and O–H groups in total. The zero-order valence-electron chi connectivity index (χ0n) is 22.1. The van der Waals surface area contributed by atoms with Crippen LogP contribution in [0.3, 0.4) is 0 Å². The first kappa shape index (κ1) is 25.7. The number of aromatic carboxylic acids is 1. The fraction of sp³-hybridized carbons (Fsp3) is 0.0588. The Kier molecular flexibility index (Phi) is 6.61. The molecule has 0 fully saturated rings. The fourth-order valence-corrected chi connectivity index (χ4v) is 5.01. The van der Waals surface area contributed by atoms with Crippen molar-refractivity contribution in [3.63, 3.8) is 0 Å². The van der Waals surface area contributed by atoms with E-state index in [4.69, 9.17) is 0 Å². The third-order valence-corrected chi connectivity index (χ3v) is 7.19. The lowest BCUT2D eigenvalue weighted by Crippen LogP contribution is -2.29. The summed E-state index contributed by atoms with van der Waals surface area (Å²) in [4.78, 5) is 43.3. The monoisotopic (exact) mass is 539 g/mol. The van der Waals surface area contributed by atoms with E-state index < -0.39 is 12.0 Å². The van der Waals surface area contributed by atoms with E-state index in [1.807, 2.05) is 67.6 Å². The van der Waals surface area contributed by atoms with Gasteiger partial charge in [-0.05, 0) is 72.1 Å². The molecular formula is C34H25N3O4. The maximum atomic E-state index is 13.8. The largest absolute Gasteiger partial charge is 0.478 e. The summed E-state index contributed by atoms with van der Waals surface area (Å²) in [7, 11) is 0. The highest BCUT2D eigenvalue weighted by Crippen LogP contribution is 2.27. The van der Waals surface area contributed by atoms with E-state index in [0.29, 0.717) is 28.0 Å². The highest BCUT2D eigenvalue weighted by Gasteiger charge is 2.22. The second-order valence-electron chi connectivity index (χ2n) is 9.84. The summed E-state index contributed by atoms with van der Waals surface area (Å²) in [5.41, 5.74) is 5.27. The van der Waals surface area contributed by atoms with Crippen molar-refractivity contribution in [3.05, 3.63) is 143 Å². The van der Waals surface area contributed by atoms with Crippen LogP contribution in [0.5, 0.6) is 0 Å². The predicted molar refractivity (Wildman–Crippen MR) is 157 cm³/mol. The first-order valence-electron chi connectivity index (χ1n) is 13.1. The normalized spacial score (nSPS) is 11.8. The number of benzene rings is 3. The number of carboxylic acid groups (broad SMARTS) is 1. The molecule has 0 aliphatic heterocycles. The maximum absolute atomic E-state index is 13.8. The number of rotatable bonds is 7. The van der Waals surface area contributed by atoms with Crippen LogP contribution in [0, 0.1) is 0 Å². The number of carboxylic acids is 1. The van der Waals surface area contributed by atoms with Crippen molar-refractivity contribution >= 4 is 34.1 Å². The third kappa shape index (κ3) is 4.96. The maximum Gasteiger partial charge on any atom is 0.335 e. The van der Waals surface area contributed by atoms with Crippen LogP contribution in [-0.4, -0.2) is 32.2 Å². The minimum atomic E-state index is -1.01. The van der Waals surface area contributed by atoms with Crippen molar-refractivity contribution in [2.75, 3.05) is 0 Å². The number of pyridine rings is 2. The molecule has 0 unspecified atom stereocenters. The van der Waals surface area contributed by atoms with Gasteiger partial charge in [0.2, 0.25) is 5.78 Å². The van der Waals surface area contributed by atoms with Gasteiger partial charge in [-0.25, -0.2) is 4.79 Å². The zero-order valence-corrected chi connectivity index (χ0v) is 22.1. The number of fused-ring (bicyclic) bond motifs is 2. The summed E-state index contributed by atoms with van der Waals surface area (Å²) in [5, 5.41) is 13.2. The number of aromatic nitrogens is 2. The number of carbonyl (C=O) groups excluding carboxylic acids is 2. The summed E-state index contributed by atoms with van der Waals surface area (Å²) in [5.74, 6) is -1.61. The average molecular weight is 540 g/mol. The number of nitrogens with zero attached hydrogens (tertiary/aromatic N) is 2. The Morgan fingerprint density at radius 2 is 1.51 bits per heavy atom. The molecule has 3 heterocycles. The number of hydrogen-bond acceptors (Lipinski definition) is 4. The standard InChI is InChI=1S/C34H25N3O4/c1-21(22-9-12-25(13-10-22)34(40)41)36-33(39)31-20-27(23-6-3-2-4-7-23)18-28-15-16-30(37(28)31)32(38)26-14-11-24-8-5-17-35-29(24)19-26/h2-21H,1H3,(H,36,39)(H,40,41)/t21-/m0/s1. The number of hydrogen-bond donors (Lipinski definition) is 2. The topological polar surface area (TPSA) is 101 Å². The average Bonchev–Trinajstić information content (AvgIpc) is 3.44. The van der Waals surface area contributed by atoms with Crippen molar-refractivity contribution in [2.45, 2.75) is 13.0 Å². The molecule has 3 aromatic heterocycles. The van der Waals surface area contributed by atoms with Crippen molar-refractivity contribution in [1.82, 2.24) is 14.7 Å². The van der Waals surface area contributed by atoms with Crippen molar-refractivity contribution < 1.29 is 19.5 Å². The van der Waals surface area contributed by atoms with Gasteiger partial charge in [-0.1, -0.05) is 60.7 Å². The van der Waals surface area contributed by atoms with Gasteiger partial charge in [-0.15, -0.1) is 0 Å². The molecule has 1 atom stereocenters. The number of ketones is 1. The molecule has 0 aliphatic rings. The second-order valence-corrected chi connectivity index (χ2v) is 9.84. The third-order valence-electron chi connectivity index (χ3n) is 7.19. The predicted octanol–water partition coefficient (Wildman–Crippen LogP) is 6.57. The first-order chi connectivity index (χ1) is 19.9. The molecule has 0 bridgehead atoms. The van der Waals surface area contributed by atoms with Gasteiger partial charge in [-0.3, -0.25) is 14.6 Å². The van der Waals surface area contributed by atoms with Gasteiger partial charge in [0.1, 0.15) is 5.69 Å². The number of amides is 1. The molecule has 1 amide bonds. The Morgan fingerprint density at radius 1 is 0.756 bits per heavy atom. The van der Waals surface area contributed by atoms with Gasteiger partial charge in [-0.2, -0.15) is 0 Å².